The summed E-state index contributed by atoms with van der Waals surface area (Å²) >= 11 is 0. The number of benzene rings is 2. The Labute approximate surface area is 196 Å². The molecule has 2 heterocycles. The summed E-state index contributed by atoms with van der Waals surface area (Å²) in [6.45, 7) is 10.1. The smallest absolute Gasteiger partial charge is 0.255 e. The summed E-state index contributed by atoms with van der Waals surface area (Å²) in [5, 5.41) is 3.16. The highest BCUT2D eigenvalue weighted by Gasteiger charge is 2.31. The van der Waals surface area contributed by atoms with Gasteiger partial charge >= 0.3 is 0 Å². The number of nitrogens with one attached hydrogen (secondary N) is 1. The maximum atomic E-state index is 13.2. The van der Waals surface area contributed by atoms with Crippen molar-refractivity contribution in [1.29, 1.82) is 0 Å². The maximum Gasteiger partial charge on any atom is 0.255 e. The van der Waals surface area contributed by atoms with Gasteiger partial charge in [0.2, 0.25) is 0 Å². The third kappa shape index (κ3) is 4.94. The van der Waals surface area contributed by atoms with Crippen LogP contribution in [-0.4, -0.2) is 63.5 Å². The number of carbonyl (C=O) groups excluding carboxylic acids is 1. The van der Waals surface area contributed by atoms with E-state index in [-0.39, 0.29) is 24.0 Å². The molecule has 4 rings (SSSR count). The van der Waals surface area contributed by atoms with E-state index in [0.717, 1.165) is 24.2 Å². The molecule has 33 heavy (non-hydrogen) atoms. The van der Waals surface area contributed by atoms with Crippen LogP contribution < -0.4 is 19.5 Å². The van der Waals surface area contributed by atoms with E-state index in [1.54, 1.807) is 7.11 Å². The van der Waals surface area contributed by atoms with Gasteiger partial charge in [0.25, 0.3) is 5.91 Å². The van der Waals surface area contributed by atoms with Gasteiger partial charge in [-0.3, -0.25) is 9.69 Å². The highest BCUT2D eigenvalue weighted by atomic mass is 16.5. The predicted octanol–water partition coefficient (Wildman–Crippen LogP) is 3.78. The van der Waals surface area contributed by atoms with Gasteiger partial charge in [0.15, 0.2) is 11.5 Å². The number of para-hydroxylation sites is 1. The molecule has 2 aliphatic rings. The first-order valence-electron chi connectivity index (χ1n) is 11.7. The van der Waals surface area contributed by atoms with Crippen LogP contribution in [-0.2, 0) is 4.74 Å². The first-order valence-corrected chi connectivity index (χ1v) is 11.7. The molecule has 1 saturated heterocycles. The van der Waals surface area contributed by atoms with Crippen LogP contribution in [0.5, 0.6) is 17.2 Å². The molecule has 0 bridgehead atoms. The Bertz CT molecular complexity index is 973. The molecule has 0 spiro atoms. The zero-order valence-electron chi connectivity index (χ0n) is 19.9. The summed E-state index contributed by atoms with van der Waals surface area (Å²) in [4.78, 5) is 15.6. The standard InChI is InChI=1S/C26H34N2O5/c1-5-32-23-10-9-19(15-24(23)30-4)22(28-11-13-31-14-12-28)16-27-26(29)21-8-6-7-20-17(2)18(3)33-25(20)21/h6-10,15,17-18,22H,5,11-14,16H2,1-4H3,(H,27,29). The molecule has 2 aromatic carbocycles. The third-order valence-electron chi connectivity index (χ3n) is 6.60. The number of ether oxygens (including phenoxy) is 4. The molecule has 7 nitrogen and oxygen atoms in total. The lowest BCUT2D eigenvalue weighted by Crippen LogP contribution is -2.43. The molecule has 0 aliphatic carbocycles. The van der Waals surface area contributed by atoms with E-state index in [2.05, 4.69) is 17.1 Å². The molecule has 0 radical (unpaired) electrons. The molecule has 1 N–H and O–H groups in total. The van der Waals surface area contributed by atoms with Crippen molar-refractivity contribution in [2.75, 3.05) is 46.6 Å². The lowest BCUT2D eigenvalue weighted by Gasteiger charge is -2.35. The molecule has 2 aromatic rings. The highest BCUT2D eigenvalue weighted by molar-refractivity contribution is 5.97. The van der Waals surface area contributed by atoms with Crippen LogP contribution >= 0.6 is 0 Å². The number of fused-ring (bicyclic) bond motifs is 1. The van der Waals surface area contributed by atoms with Crippen molar-refractivity contribution in [3.63, 3.8) is 0 Å². The van der Waals surface area contributed by atoms with E-state index in [1.165, 1.54) is 0 Å². The first kappa shape index (κ1) is 23.4. The van der Waals surface area contributed by atoms with Crippen LogP contribution in [0.1, 0.15) is 54.2 Å². The normalized spacial score (nSPS) is 21.1. The Morgan fingerprint density at radius 1 is 1.18 bits per heavy atom. The minimum absolute atomic E-state index is 0.0158. The van der Waals surface area contributed by atoms with E-state index in [9.17, 15) is 4.79 Å². The predicted molar refractivity (Wildman–Crippen MR) is 127 cm³/mol. The number of amides is 1. The van der Waals surface area contributed by atoms with Crippen LogP contribution in [0.3, 0.4) is 0 Å². The molecule has 0 saturated carbocycles. The Hall–Kier alpha value is -2.77. The number of rotatable bonds is 8. The van der Waals surface area contributed by atoms with Crippen LogP contribution in [0.2, 0.25) is 0 Å². The maximum absolute atomic E-state index is 13.2. The fourth-order valence-electron chi connectivity index (χ4n) is 4.56. The number of nitrogens with zero attached hydrogens (tertiary/aromatic N) is 1. The summed E-state index contributed by atoms with van der Waals surface area (Å²) < 4.78 is 22.8. The topological polar surface area (TPSA) is 69.3 Å². The number of methoxy groups -OCH3 is 1. The van der Waals surface area contributed by atoms with Crippen molar-refractivity contribution < 1.29 is 23.7 Å². The van der Waals surface area contributed by atoms with Crippen LogP contribution in [0.15, 0.2) is 36.4 Å². The summed E-state index contributed by atoms with van der Waals surface area (Å²) in [5.41, 5.74) is 2.75. The lowest BCUT2D eigenvalue weighted by molar-refractivity contribution is 0.0161. The minimum Gasteiger partial charge on any atom is -0.493 e. The van der Waals surface area contributed by atoms with Gasteiger partial charge < -0.3 is 24.3 Å². The van der Waals surface area contributed by atoms with E-state index in [0.29, 0.717) is 49.2 Å². The Kier molecular flexibility index (Phi) is 7.40. The summed E-state index contributed by atoms with van der Waals surface area (Å²) in [6.07, 6.45) is 0.0615. The molecule has 1 amide bonds. The van der Waals surface area contributed by atoms with E-state index < -0.39 is 0 Å². The van der Waals surface area contributed by atoms with Gasteiger partial charge in [-0.15, -0.1) is 0 Å². The Morgan fingerprint density at radius 2 is 1.97 bits per heavy atom. The second kappa shape index (κ2) is 10.4. The van der Waals surface area contributed by atoms with E-state index >= 15 is 0 Å². The van der Waals surface area contributed by atoms with E-state index in [1.807, 2.05) is 50.2 Å². The minimum atomic E-state index is -0.121. The Morgan fingerprint density at radius 3 is 2.70 bits per heavy atom. The second-order valence-corrected chi connectivity index (χ2v) is 8.55. The van der Waals surface area contributed by atoms with Gasteiger partial charge in [0, 0.05) is 31.1 Å². The van der Waals surface area contributed by atoms with E-state index in [4.69, 9.17) is 18.9 Å². The average Bonchev–Trinajstić information content (AvgIpc) is 3.14. The molecule has 3 unspecified atom stereocenters. The number of morpholine rings is 1. The lowest BCUT2D eigenvalue weighted by atomic mass is 9.96. The van der Waals surface area contributed by atoms with Crippen LogP contribution in [0.4, 0.5) is 0 Å². The highest BCUT2D eigenvalue weighted by Crippen LogP contribution is 2.40. The summed E-state index contributed by atoms with van der Waals surface area (Å²) in [5.74, 6) is 2.26. The molecule has 7 heteroatoms. The van der Waals surface area contributed by atoms with Crippen LogP contribution in [0, 0.1) is 0 Å². The molecule has 178 valence electrons. The molecule has 0 aromatic heterocycles. The molecule has 2 aliphatic heterocycles. The Balaban J connectivity index is 1.56. The second-order valence-electron chi connectivity index (χ2n) is 8.55. The molecular weight excluding hydrogens is 420 g/mol. The zero-order valence-corrected chi connectivity index (χ0v) is 19.9. The quantitative estimate of drug-likeness (QED) is 0.655. The van der Waals surface area contributed by atoms with Crippen molar-refractivity contribution in [3.8, 4) is 17.2 Å². The van der Waals surface area contributed by atoms with Gasteiger partial charge in [-0.25, -0.2) is 0 Å². The zero-order chi connectivity index (χ0) is 23.4. The third-order valence-corrected chi connectivity index (χ3v) is 6.60. The first-order chi connectivity index (χ1) is 16.0. The van der Waals surface area contributed by atoms with Crippen molar-refractivity contribution >= 4 is 5.91 Å². The van der Waals surface area contributed by atoms with Crippen LogP contribution in [0.25, 0.3) is 0 Å². The largest absolute Gasteiger partial charge is 0.493 e. The fraction of sp³-hybridized carbons (Fsp3) is 0.500. The summed E-state index contributed by atoms with van der Waals surface area (Å²) in [7, 11) is 1.64. The van der Waals surface area contributed by atoms with Gasteiger partial charge in [0.1, 0.15) is 11.9 Å². The molecule has 1 fully saturated rings. The monoisotopic (exact) mass is 454 g/mol. The number of hydrogen-bond donors (Lipinski definition) is 1. The average molecular weight is 455 g/mol. The fourth-order valence-corrected chi connectivity index (χ4v) is 4.56. The SMILES string of the molecule is CCOc1ccc(C(CNC(=O)c2cccc3c2OC(C)C3C)N2CCOCC2)cc1OC. The molecule has 3 atom stereocenters. The number of hydrogen-bond acceptors (Lipinski definition) is 6. The van der Waals surface area contributed by atoms with Crippen molar-refractivity contribution in [1.82, 2.24) is 10.2 Å². The van der Waals surface area contributed by atoms with Gasteiger partial charge in [-0.05, 0) is 37.6 Å². The van der Waals surface area contributed by atoms with Gasteiger partial charge in [0.05, 0.1) is 38.5 Å². The summed E-state index contributed by atoms with van der Waals surface area (Å²) in [6, 6.07) is 11.8. The van der Waals surface area contributed by atoms with Gasteiger partial charge in [-0.1, -0.05) is 25.1 Å². The number of carbonyl (C=O) groups is 1. The van der Waals surface area contributed by atoms with Gasteiger partial charge in [-0.2, -0.15) is 0 Å². The van der Waals surface area contributed by atoms with Crippen molar-refractivity contribution in [2.45, 2.75) is 38.8 Å². The van der Waals surface area contributed by atoms with Crippen molar-refractivity contribution in [3.05, 3.63) is 53.1 Å². The van der Waals surface area contributed by atoms with Crippen molar-refractivity contribution in [2.24, 2.45) is 0 Å². The molecular formula is C26H34N2O5.